The van der Waals surface area contributed by atoms with E-state index in [1.54, 1.807) is 0 Å². The Morgan fingerprint density at radius 2 is 1.88 bits per heavy atom. The van der Waals surface area contributed by atoms with Gasteiger partial charge in [-0.1, -0.05) is 12.1 Å². The van der Waals surface area contributed by atoms with Gasteiger partial charge in [0.2, 0.25) is 5.91 Å². The maximum atomic E-state index is 12.6. The van der Waals surface area contributed by atoms with E-state index in [0.29, 0.717) is 24.7 Å². The largest absolute Gasteiger partial charge is 0.486 e. The normalized spacial score (nSPS) is 13.0. The summed E-state index contributed by atoms with van der Waals surface area (Å²) in [6.07, 6.45) is 0. The van der Waals surface area contributed by atoms with Gasteiger partial charge < -0.3 is 19.4 Å². The molecule has 1 aliphatic heterocycles. The van der Waals surface area contributed by atoms with Gasteiger partial charge in [0.1, 0.15) is 25.6 Å². The summed E-state index contributed by atoms with van der Waals surface area (Å²) in [6, 6.07) is 9.66. The predicted molar refractivity (Wildman–Crippen MR) is 100 cm³/mol. The molecule has 0 spiro atoms. The summed E-state index contributed by atoms with van der Waals surface area (Å²) in [5, 5.41) is 3.00. The molecule has 0 unspecified atom stereocenters. The van der Waals surface area contributed by atoms with Crippen LogP contribution < -0.4 is 14.8 Å². The third-order valence-corrected chi connectivity index (χ3v) is 4.78. The number of aromatic nitrogens is 2. The van der Waals surface area contributed by atoms with Crippen molar-refractivity contribution in [3.05, 3.63) is 47.3 Å². The van der Waals surface area contributed by atoms with Gasteiger partial charge in [0.15, 0.2) is 11.5 Å². The molecule has 2 aromatic carbocycles. The lowest BCUT2D eigenvalue weighted by Gasteiger charge is -2.18. The van der Waals surface area contributed by atoms with Crippen LogP contribution in [0.15, 0.2) is 30.3 Å². The molecule has 0 saturated carbocycles. The molecule has 26 heavy (non-hydrogen) atoms. The molecule has 0 saturated heterocycles. The number of amides is 1. The Kier molecular flexibility index (Phi) is 4.03. The first-order valence-corrected chi connectivity index (χ1v) is 8.65. The minimum absolute atomic E-state index is 0.0870. The molecule has 0 aliphatic carbocycles. The first-order chi connectivity index (χ1) is 12.5. The highest BCUT2D eigenvalue weighted by Gasteiger charge is 2.18. The molecule has 0 atom stereocenters. The quantitative estimate of drug-likeness (QED) is 0.786. The summed E-state index contributed by atoms with van der Waals surface area (Å²) in [4.78, 5) is 17.2. The third-order valence-electron chi connectivity index (χ3n) is 4.78. The number of carbonyl (C=O) groups is 1. The van der Waals surface area contributed by atoms with Gasteiger partial charge in [-0.05, 0) is 38.0 Å². The fourth-order valence-corrected chi connectivity index (χ4v) is 3.20. The van der Waals surface area contributed by atoms with Crippen LogP contribution in [0.4, 0.5) is 5.69 Å². The summed E-state index contributed by atoms with van der Waals surface area (Å²) in [5.41, 5.74) is 4.73. The number of rotatable bonds is 3. The number of nitrogens with one attached hydrogen (secondary N) is 1. The van der Waals surface area contributed by atoms with Gasteiger partial charge in [-0.2, -0.15) is 0 Å². The second kappa shape index (κ2) is 6.37. The molecule has 0 bridgehead atoms. The van der Waals surface area contributed by atoms with Gasteiger partial charge in [0, 0.05) is 17.8 Å². The van der Waals surface area contributed by atoms with Crippen molar-refractivity contribution >= 4 is 22.6 Å². The van der Waals surface area contributed by atoms with E-state index in [-0.39, 0.29) is 12.5 Å². The lowest BCUT2D eigenvalue weighted by Crippen LogP contribution is -2.20. The molecule has 6 nitrogen and oxygen atoms in total. The Morgan fingerprint density at radius 3 is 2.65 bits per heavy atom. The highest BCUT2D eigenvalue weighted by Crippen LogP contribution is 2.34. The molecule has 0 fully saturated rings. The van der Waals surface area contributed by atoms with Crippen LogP contribution in [-0.4, -0.2) is 28.7 Å². The Balaban J connectivity index is 1.63. The average molecular weight is 351 g/mol. The summed E-state index contributed by atoms with van der Waals surface area (Å²) in [5.74, 6) is 2.09. The predicted octanol–water partition coefficient (Wildman–Crippen LogP) is 3.37. The first-order valence-electron chi connectivity index (χ1n) is 8.65. The van der Waals surface area contributed by atoms with E-state index in [4.69, 9.17) is 9.47 Å². The maximum Gasteiger partial charge on any atom is 0.244 e. The molecule has 4 rings (SSSR count). The van der Waals surface area contributed by atoms with E-state index < -0.39 is 0 Å². The van der Waals surface area contributed by atoms with Crippen LogP contribution in [-0.2, 0) is 11.3 Å². The monoisotopic (exact) mass is 351 g/mol. The van der Waals surface area contributed by atoms with Gasteiger partial charge in [-0.15, -0.1) is 0 Å². The highest BCUT2D eigenvalue weighted by molar-refractivity contribution is 5.93. The summed E-state index contributed by atoms with van der Waals surface area (Å²) < 4.78 is 13.2. The highest BCUT2D eigenvalue weighted by atomic mass is 16.6. The number of hydrogen-bond acceptors (Lipinski definition) is 4. The fourth-order valence-electron chi connectivity index (χ4n) is 3.20. The van der Waals surface area contributed by atoms with Crippen LogP contribution in [0, 0.1) is 20.8 Å². The lowest BCUT2D eigenvalue weighted by atomic mass is 10.1. The molecule has 3 aromatic rings. The fraction of sp³-hybridized carbons (Fsp3) is 0.300. The summed E-state index contributed by atoms with van der Waals surface area (Å²) >= 11 is 0. The Morgan fingerprint density at radius 1 is 1.15 bits per heavy atom. The third kappa shape index (κ3) is 2.87. The van der Waals surface area contributed by atoms with E-state index in [1.165, 1.54) is 0 Å². The van der Waals surface area contributed by atoms with Crippen LogP contribution >= 0.6 is 0 Å². The summed E-state index contributed by atoms with van der Waals surface area (Å²) in [6.45, 7) is 7.19. The van der Waals surface area contributed by atoms with Crippen LogP contribution in [0.1, 0.15) is 17.0 Å². The molecule has 1 amide bonds. The van der Waals surface area contributed by atoms with Crippen molar-refractivity contribution in [3.63, 3.8) is 0 Å². The van der Waals surface area contributed by atoms with Crippen molar-refractivity contribution in [3.8, 4) is 11.5 Å². The standard InChI is InChI=1S/C20H21N3O3/c1-12-5-4-6-15(13(12)2)22-20(24)11-23-14(3)21-16-9-18-19(10-17(16)23)26-8-7-25-18/h4-6,9-10H,7-8,11H2,1-3H3,(H,22,24). The number of anilines is 1. The topological polar surface area (TPSA) is 65.4 Å². The Hall–Kier alpha value is -3.02. The molecule has 1 aromatic heterocycles. The number of aryl methyl sites for hydroxylation is 2. The van der Waals surface area contributed by atoms with Crippen molar-refractivity contribution in [2.24, 2.45) is 0 Å². The SMILES string of the molecule is Cc1cccc(NC(=O)Cn2c(C)nc3cc4c(cc32)OCCO4)c1C. The molecular formula is C20H21N3O3. The number of benzene rings is 2. The molecule has 1 N–H and O–H groups in total. The number of ether oxygens (including phenoxy) is 2. The van der Waals surface area contributed by atoms with Crippen LogP contribution in [0.5, 0.6) is 11.5 Å². The zero-order chi connectivity index (χ0) is 18.3. The second-order valence-electron chi connectivity index (χ2n) is 6.53. The zero-order valence-corrected chi connectivity index (χ0v) is 15.1. The van der Waals surface area contributed by atoms with Crippen LogP contribution in [0.2, 0.25) is 0 Å². The van der Waals surface area contributed by atoms with Crippen molar-refractivity contribution in [1.82, 2.24) is 9.55 Å². The van der Waals surface area contributed by atoms with Crippen molar-refractivity contribution in [2.75, 3.05) is 18.5 Å². The Labute approximate surface area is 151 Å². The smallest absolute Gasteiger partial charge is 0.244 e. The molecule has 0 radical (unpaired) electrons. The molecule has 1 aliphatic rings. The van der Waals surface area contributed by atoms with E-state index >= 15 is 0 Å². The van der Waals surface area contributed by atoms with Gasteiger partial charge in [0.05, 0.1) is 11.0 Å². The van der Waals surface area contributed by atoms with Crippen LogP contribution in [0.25, 0.3) is 11.0 Å². The Bertz CT molecular complexity index is 1010. The van der Waals surface area contributed by atoms with Gasteiger partial charge in [-0.25, -0.2) is 4.98 Å². The molecule has 6 heteroatoms. The summed E-state index contributed by atoms with van der Waals surface area (Å²) in [7, 11) is 0. The maximum absolute atomic E-state index is 12.6. The van der Waals surface area contributed by atoms with E-state index in [0.717, 1.165) is 33.7 Å². The minimum Gasteiger partial charge on any atom is -0.486 e. The number of hydrogen-bond donors (Lipinski definition) is 1. The van der Waals surface area contributed by atoms with Crippen molar-refractivity contribution in [1.29, 1.82) is 0 Å². The zero-order valence-electron chi connectivity index (χ0n) is 15.1. The molecular weight excluding hydrogens is 330 g/mol. The first kappa shape index (κ1) is 16.4. The minimum atomic E-state index is -0.0870. The van der Waals surface area contributed by atoms with E-state index in [9.17, 15) is 4.79 Å². The molecule has 2 heterocycles. The van der Waals surface area contributed by atoms with Crippen LogP contribution in [0.3, 0.4) is 0 Å². The van der Waals surface area contributed by atoms with Gasteiger partial charge in [0.25, 0.3) is 0 Å². The number of imidazole rings is 1. The van der Waals surface area contributed by atoms with Gasteiger partial charge in [-0.3, -0.25) is 4.79 Å². The van der Waals surface area contributed by atoms with E-state index in [1.807, 2.05) is 55.7 Å². The lowest BCUT2D eigenvalue weighted by molar-refractivity contribution is -0.116. The second-order valence-corrected chi connectivity index (χ2v) is 6.53. The van der Waals surface area contributed by atoms with E-state index in [2.05, 4.69) is 10.3 Å². The number of carbonyl (C=O) groups excluding carboxylic acids is 1. The number of nitrogens with zero attached hydrogens (tertiary/aromatic N) is 2. The average Bonchev–Trinajstić information content (AvgIpc) is 2.91. The van der Waals surface area contributed by atoms with Crippen molar-refractivity contribution in [2.45, 2.75) is 27.3 Å². The number of fused-ring (bicyclic) bond motifs is 2. The van der Waals surface area contributed by atoms with Crippen molar-refractivity contribution < 1.29 is 14.3 Å². The van der Waals surface area contributed by atoms with Gasteiger partial charge >= 0.3 is 0 Å². The molecule has 134 valence electrons.